The Morgan fingerprint density at radius 3 is 2.48 bits per heavy atom. The van der Waals surface area contributed by atoms with Gasteiger partial charge < -0.3 is 25.5 Å². The normalized spacial score (nSPS) is 15.6. The molecule has 0 spiro atoms. The van der Waals surface area contributed by atoms with Gasteiger partial charge in [0.05, 0.1) is 0 Å². The molecule has 7 nitrogen and oxygen atoms in total. The highest BCUT2D eigenvalue weighted by molar-refractivity contribution is 6.40. The number of phenolic OH excluding ortho intramolecular Hbond substituents is 1. The zero-order valence-electron chi connectivity index (χ0n) is 15.6. The molecule has 0 atom stereocenters. The number of carbonyl (C=O) groups is 2. The lowest BCUT2D eigenvalue weighted by atomic mass is 10.1. The van der Waals surface area contributed by atoms with E-state index < -0.39 is 11.8 Å². The summed E-state index contributed by atoms with van der Waals surface area (Å²) in [6.07, 6.45) is 0.810. The summed E-state index contributed by atoms with van der Waals surface area (Å²) in [6, 6.07) is 10.3. The molecule has 0 aliphatic carbocycles. The Hall–Kier alpha value is -2.64. The van der Waals surface area contributed by atoms with Crippen LogP contribution in [0.5, 0.6) is 5.75 Å². The summed E-state index contributed by atoms with van der Waals surface area (Å²) in [6.45, 7) is 5.59. The summed E-state index contributed by atoms with van der Waals surface area (Å²) in [7, 11) is 2.12. The third-order valence-corrected chi connectivity index (χ3v) is 4.89. The van der Waals surface area contributed by atoms with E-state index in [0.717, 1.165) is 39.1 Å². The molecule has 1 fully saturated rings. The monoisotopic (exact) mass is 370 g/mol. The van der Waals surface area contributed by atoms with Gasteiger partial charge in [0.15, 0.2) is 0 Å². The van der Waals surface area contributed by atoms with Crippen molar-refractivity contribution in [1.29, 1.82) is 0 Å². The molecule has 1 heterocycles. The third-order valence-electron chi connectivity index (χ3n) is 4.89. The Morgan fingerprint density at radius 2 is 1.70 bits per heavy atom. The summed E-state index contributed by atoms with van der Waals surface area (Å²) >= 11 is 0. The number of aromatic hydroxyl groups is 1. The van der Waals surface area contributed by atoms with Crippen LogP contribution >= 0.6 is 0 Å². The second kappa shape index (κ2) is 8.83. The van der Waals surface area contributed by atoms with Crippen LogP contribution in [0, 0.1) is 0 Å². The summed E-state index contributed by atoms with van der Waals surface area (Å²) in [5, 5.41) is 16.5. The van der Waals surface area contributed by atoms with Gasteiger partial charge in [0.25, 0.3) is 0 Å². The van der Waals surface area contributed by atoms with Gasteiger partial charge in [-0.1, -0.05) is 24.3 Å². The molecule has 3 N–H and O–H groups in total. The average Bonchev–Trinajstić information content (AvgIpc) is 2.67. The second-order valence-electron chi connectivity index (χ2n) is 6.89. The van der Waals surface area contributed by atoms with Gasteiger partial charge in [-0.05, 0) is 32.1 Å². The second-order valence-corrected chi connectivity index (χ2v) is 6.89. The molecule has 0 radical (unpaired) electrons. The predicted octanol–water partition coefficient (Wildman–Crippen LogP) is 1.24. The van der Waals surface area contributed by atoms with E-state index in [1.165, 1.54) is 0 Å². The first-order valence-electron chi connectivity index (χ1n) is 9.25. The molecule has 0 saturated carbocycles. The van der Waals surface area contributed by atoms with E-state index in [1.54, 1.807) is 36.4 Å². The third kappa shape index (κ3) is 4.96. The van der Waals surface area contributed by atoms with Crippen LogP contribution in [0.2, 0.25) is 0 Å². The van der Waals surface area contributed by atoms with Crippen LogP contribution in [-0.4, -0.2) is 73.0 Å². The minimum Gasteiger partial charge on any atom is -0.507 e. The van der Waals surface area contributed by atoms with Crippen molar-refractivity contribution in [2.45, 2.75) is 6.42 Å². The fourth-order valence-electron chi connectivity index (χ4n) is 3.24. The van der Waals surface area contributed by atoms with E-state index in [2.05, 4.69) is 27.5 Å². The van der Waals surface area contributed by atoms with E-state index >= 15 is 0 Å². The number of benzene rings is 2. The van der Waals surface area contributed by atoms with Gasteiger partial charge in [-0.25, -0.2) is 0 Å². The Morgan fingerprint density at radius 1 is 1.00 bits per heavy atom. The van der Waals surface area contributed by atoms with Gasteiger partial charge in [0.1, 0.15) is 5.75 Å². The molecule has 27 heavy (non-hydrogen) atoms. The van der Waals surface area contributed by atoms with E-state index in [1.807, 2.05) is 0 Å². The van der Waals surface area contributed by atoms with Gasteiger partial charge in [0.2, 0.25) is 0 Å². The zero-order chi connectivity index (χ0) is 19.2. The summed E-state index contributed by atoms with van der Waals surface area (Å²) in [5.74, 6) is -1.21. The molecule has 1 aliphatic rings. The van der Waals surface area contributed by atoms with E-state index in [9.17, 15) is 14.7 Å². The highest BCUT2D eigenvalue weighted by Gasteiger charge is 2.16. The predicted molar refractivity (Wildman–Crippen MR) is 106 cm³/mol. The minimum absolute atomic E-state index is 0.136. The van der Waals surface area contributed by atoms with E-state index in [4.69, 9.17) is 0 Å². The molecular formula is C20H26N4O3. The number of piperazine rings is 1. The first kappa shape index (κ1) is 19.1. The lowest BCUT2D eigenvalue weighted by Crippen LogP contribution is -2.45. The largest absolute Gasteiger partial charge is 0.507 e. The Balaban J connectivity index is 1.47. The van der Waals surface area contributed by atoms with Crippen LogP contribution in [0.15, 0.2) is 36.4 Å². The number of nitrogens with zero attached hydrogens (tertiary/aromatic N) is 2. The number of hydrogen-bond donors (Lipinski definition) is 3. The SMILES string of the molecule is CN1CCN(CCCNC(=O)C(=O)Nc2cccc3c(O)cccc23)CC1. The number of amides is 2. The number of phenols is 1. The first-order chi connectivity index (χ1) is 13.0. The molecule has 1 saturated heterocycles. The average molecular weight is 370 g/mol. The maximum Gasteiger partial charge on any atom is 0.313 e. The molecule has 3 rings (SSSR count). The van der Waals surface area contributed by atoms with Gasteiger partial charge in [-0.15, -0.1) is 0 Å². The fraction of sp³-hybridized carbons (Fsp3) is 0.400. The molecule has 144 valence electrons. The van der Waals surface area contributed by atoms with E-state index in [-0.39, 0.29) is 5.75 Å². The Bertz CT molecular complexity index is 816. The quantitative estimate of drug-likeness (QED) is 0.545. The molecule has 0 unspecified atom stereocenters. The Labute approximate surface area is 158 Å². The van der Waals surface area contributed by atoms with Crippen molar-refractivity contribution in [3.05, 3.63) is 36.4 Å². The molecule has 0 aromatic heterocycles. The van der Waals surface area contributed by atoms with Crippen LogP contribution in [0.4, 0.5) is 5.69 Å². The van der Waals surface area contributed by atoms with Crippen molar-refractivity contribution in [2.24, 2.45) is 0 Å². The fourth-order valence-corrected chi connectivity index (χ4v) is 3.24. The molecule has 2 amide bonds. The number of fused-ring (bicyclic) bond motifs is 1. The number of nitrogens with one attached hydrogen (secondary N) is 2. The smallest absolute Gasteiger partial charge is 0.313 e. The van der Waals surface area contributed by atoms with Crippen LogP contribution in [0.25, 0.3) is 10.8 Å². The standard InChI is InChI=1S/C20H26N4O3/c1-23-11-13-24(14-12-23)10-4-9-21-19(26)20(27)22-17-7-2-6-16-15(17)5-3-8-18(16)25/h2-3,5-8,25H,4,9-14H2,1H3,(H,21,26)(H,22,27). The lowest BCUT2D eigenvalue weighted by molar-refractivity contribution is -0.136. The van der Waals surface area contributed by atoms with Crippen LogP contribution in [-0.2, 0) is 9.59 Å². The number of anilines is 1. The first-order valence-corrected chi connectivity index (χ1v) is 9.25. The van der Waals surface area contributed by atoms with Gasteiger partial charge in [0, 0.05) is 49.2 Å². The molecule has 7 heteroatoms. The van der Waals surface area contributed by atoms with E-state index in [0.29, 0.717) is 23.0 Å². The van der Waals surface area contributed by atoms with Crippen molar-refractivity contribution in [3.8, 4) is 5.75 Å². The number of hydrogen-bond acceptors (Lipinski definition) is 5. The van der Waals surface area contributed by atoms with Crippen LogP contribution < -0.4 is 10.6 Å². The Kier molecular flexibility index (Phi) is 6.26. The summed E-state index contributed by atoms with van der Waals surface area (Å²) in [4.78, 5) is 28.9. The van der Waals surface area contributed by atoms with Crippen molar-refractivity contribution < 1.29 is 14.7 Å². The van der Waals surface area contributed by atoms with Crippen LogP contribution in [0.3, 0.4) is 0 Å². The number of carbonyl (C=O) groups excluding carboxylic acids is 2. The maximum absolute atomic E-state index is 12.2. The van der Waals surface area contributed by atoms with Crippen molar-refractivity contribution >= 4 is 28.3 Å². The molecule has 2 aromatic rings. The summed E-state index contributed by atoms with van der Waals surface area (Å²) in [5.41, 5.74) is 0.501. The topological polar surface area (TPSA) is 84.9 Å². The zero-order valence-corrected chi connectivity index (χ0v) is 15.6. The molecular weight excluding hydrogens is 344 g/mol. The molecule has 2 aromatic carbocycles. The number of rotatable bonds is 5. The van der Waals surface area contributed by atoms with Crippen molar-refractivity contribution in [1.82, 2.24) is 15.1 Å². The lowest BCUT2D eigenvalue weighted by Gasteiger charge is -2.32. The minimum atomic E-state index is -0.703. The molecule has 1 aliphatic heterocycles. The molecule has 0 bridgehead atoms. The van der Waals surface area contributed by atoms with Crippen molar-refractivity contribution in [3.63, 3.8) is 0 Å². The highest BCUT2D eigenvalue weighted by Crippen LogP contribution is 2.29. The van der Waals surface area contributed by atoms with Gasteiger partial charge >= 0.3 is 11.8 Å². The van der Waals surface area contributed by atoms with Gasteiger partial charge in [-0.2, -0.15) is 0 Å². The van der Waals surface area contributed by atoms with Crippen LogP contribution in [0.1, 0.15) is 6.42 Å². The maximum atomic E-state index is 12.2. The highest BCUT2D eigenvalue weighted by atomic mass is 16.3. The number of likely N-dealkylation sites (N-methyl/N-ethyl adjacent to an activating group) is 1. The summed E-state index contributed by atoms with van der Waals surface area (Å²) < 4.78 is 0. The van der Waals surface area contributed by atoms with Crippen molar-refractivity contribution in [2.75, 3.05) is 51.6 Å². The van der Waals surface area contributed by atoms with Gasteiger partial charge in [-0.3, -0.25) is 9.59 Å².